The fourth-order valence-corrected chi connectivity index (χ4v) is 26.2. The van der Waals surface area contributed by atoms with E-state index in [0.717, 1.165) is 230 Å². The molecule has 8 amide bonds. The van der Waals surface area contributed by atoms with Crippen LogP contribution in [0.25, 0.3) is 0 Å². The lowest BCUT2D eigenvalue weighted by Crippen LogP contribution is -2.59. The van der Waals surface area contributed by atoms with Gasteiger partial charge in [-0.1, -0.05) is 152 Å². The number of piperazine rings is 1. The van der Waals surface area contributed by atoms with Gasteiger partial charge in [-0.3, -0.25) is 44.2 Å². The molecule has 5 aromatic carbocycles. The van der Waals surface area contributed by atoms with Crippen molar-refractivity contribution in [2.45, 2.75) is 235 Å². The number of anilines is 6. The van der Waals surface area contributed by atoms with Gasteiger partial charge in [-0.25, -0.2) is 44.1 Å². The number of morpholine rings is 1. The Balaban J connectivity index is 0.000000119. The van der Waals surface area contributed by atoms with Gasteiger partial charge in [-0.05, 0) is 277 Å². The summed E-state index contributed by atoms with van der Waals surface area (Å²) >= 11 is 0. The second kappa shape index (κ2) is 40.2. The average Bonchev–Trinajstić information content (AvgIpc) is 1.61. The van der Waals surface area contributed by atoms with Crippen LogP contribution in [0.4, 0.5) is 54.0 Å². The maximum Gasteiger partial charge on any atom is 0.326 e. The van der Waals surface area contributed by atoms with Crippen molar-refractivity contribution in [2.75, 3.05) is 198 Å². The van der Waals surface area contributed by atoms with Gasteiger partial charge in [-0.2, -0.15) is 0 Å². The molecule has 0 bridgehead atoms. The Hall–Kier alpha value is -10.3. The molecule has 6 saturated heterocycles. The summed E-state index contributed by atoms with van der Waals surface area (Å²) in [5, 5.41) is 22.3. The van der Waals surface area contributed by atoms with Crippen LogP contribution < -0.4 is 29.4 Å². The van der Waals surface area contributed by atoms with E-state index >= 15 is 0 Å². The summed E-state index contributed by atoms with van der Waals surface area (Å²) in [6.45, 7) is 12.1. The summed E-state index contributed by atoms with van der Waals surface area (Å²) in [6.07, 6.45) is 40.7. The molecule has 8 aliphatic carbocycles. The number of urea groups is 4. The van der Waals surface area contributed by atoms with Gasteiger partial charge in [0, 0.05) is 92.6 Å². The number of carbonyl (C=O) groups excluding carboxylic acids is 4. The molecule has 8 aromatic rings. The van der Waals surface area contributed by atoms with Gasteiger partial charge >= 0.3 is 24.1 Å². The fraction of sp³-hybridized carbons (Fsp3) is 0.586. The zero-order valence-corrected chi connectivity index (χ0v) is 84.1. The van der Waals surface area contributed by atoms with Crippen molar-refractivity contribution in [3.63, 3.8) is 0 Å². The van der Waals surface area contributed by atoms with Crippen molar-refractivity contribution < 1.29 is 34.1 Å². The highest BCUT2D eigenvalue weighted by molar-refractivity contribution is 5.97. The maximum absolute atomic E-state index is 14.0. The number of carbonyl (C=O) groups is 4. The van der Waals surface area contributed by atoms with E-state index in [1.165, 1.54) is 60.8 Å². The van der Waals surface area contributed by atoms with Gasteiger partial charge in [0.25, 0.3) is 0 Å². The molecule has 22 rings (SSSR count). The normalized spacial score (nSPS) is 29.2. The zero-order chi connectivity index (χ0) is 96.6. The lowest BCUT2D eigenvalue weighted by Gasteiger charge is -2.52. The highest BCUT2D eigenvalue weighted by Gasteiger charge is 2.62. The summed E-state index contributed by atoms with van der Waals surface area (Å²) in [4.78, 5) is 115. The molecule has 28 heteroatoms. The maximum atomic E-state index is 14.0. The molecule has 9 heterocycles. The Morgan fingerprint density at radius 1 is 0.331 bits per heavy atom. The minimum absolute atomic E-state index is 0.0247. The molecular weight excluding hydrogens is 1740 g/mol. The van der Waals surface area contributed by atoms with Gasteiger partial charge in [0.2, 0.25) is 11.9 Å². The molecule has 0 atom stereocenters. The lowest BCUT2D eigenvalue weighted by atomic mass is 9.67. The molecule has 139 heavy (non-hydrogen) atoms. The SMILES string of the molecule is CN(C)C1(c2ccccc2)CCC2(CC1)CN(c1ccccc1)C(=O)N2CC1CCC1.CN(C)C1(c2ccccc2)CCC2(CC1)CN(c1cnc(N3CCOCC3)nc1)C(=O)N2CC1(O)CCC1.CN(C)C1(c2ccccc2)CCC2(CC1)CN(c1cnccn1)C(=O)N2CC1CCC1.CN1CCN(c2ncc(N3CC4(CCC(c5ccccc5)(N(C)C)CC4)N(CC4(O)CCC4)C3=O)cn2)CC1. The molecule has 4 spiro atoms. The van der Waals surface area contributed by atoms with E-state index in [0.29, 0.717) is 63.0 Å². The first kappa shape index (κ1) is 97.5. The summed E-state index contributed by atoms with van der Waals surface area (Å²) < 4.78 is 5.45. The smallest absolute Gasteiger partial charge is 0.326 e. The Morgan fingerprint density at radius 2 is 0.633 bits per heavy atom. The van der Waals surface area contributed by atoms with E-state index in [1.807, 2.05) is 60.0 Å². The predicted octanol–water partition coefficient (Wildman–Crippen LogP) is 16.2. The number of likely N-dealkylation sites (N-methyl/N-ethyl adjacent to an activating group) is 1. The van der Waals surface area contributed by atoms with Crippen molar-refractivity contribution in [1.29, 1.82) is 0 Å². The third-order valence-corrected chi connectivity index (χ3v) is 36.3. The van der Waals surface area contributed by atoms with Gasteiger partial charge in [0.1, 0.15) is 0 Å². The van der Waals surface area contributed by atoms with Crippen LogP contribution in [0, 0.1) is 11.8 Å². The summed E-state index contributed by atoms with van der Waals surface area (Å²) in [6, 6.07) is 53.9. The van der Waals surface area contributed by atoms with Gasteiger partial charge in [-0.15, -0.1) is 0 Å². The first-order valence-electron chi connectivity index (χ1n) is 52.1. The van der Waals surface area contributed by atoms with E-state index in [1.54, 1.807) is 31.0 Å². The molecule has 14 aliphatic rings. The largest absolute Gasteiger partial charge is 0.388 e. The molecule has 0 unspecified atom stereocenters. The number of rotatable bonds is 22. The third kappa shape index (κ3) is 19.0. The molecule has 14 fully saturated rings. The first-order chi connectivity index (χ1) is 67.2. The van der Waals surface area contributed by atoms with Gasteiger partial charge < -0.3 is 49.2 Å². The minimum Gasteiger partial charge on any atom is -0.388 e. The minimum atomic E-state index is -0.773. The summed E-state index contributed by atoms with van der Waals surface area (Å²) in [5.74, 6) is 3.42. The van der Waals surface area contributed by atoms with Gasteiger partial charge in [0.15, 0.2) is 5.82 Å². The van der Waals surface area contributed by atoms with E-state index < -0.39 is 11.2 Å². The van der Waals surface area contributed by atoms with Crippen LogP contribution in [0.1, 0.15) is 202 Å². The number of benzene rings is 5. The third-order valence-electron chi connectivity index (χ3n) is 36.3. The van der Waals surface area contributed by atoms with Crippen molar-refractivity contribution in [1.82, 2.24) is 74.0 Å². The van der Waals surface area contributed by atoms with Crippen molar-refractivity contribution in [3.05, 3.63) is 217 Å². The van der Waals surface area contributed by atoms with E-state index in [9.17, 15) is 29.4 Å². The molecule has 0 radical (unpaired) electrons. The number of amides is 8. The number of para-hydroxylation sites is 1. The van der Waals surface area contributed by atoms with E-state index in [-0.39, 0.29) is 68.4 Å². The van der Waals surface area contributed by atoms with Crippen molar-refractivity contribution in [2.24, 2.45) is 11.8 Å². The Kier molecular flexibility index (Phi) is 28.2. The van der Waals surface area contributed by atoms with Crippen LogP contribution in [0.2, 0.25) is 0 Å². The molecule has 742 valence electrons. The standard InChI is InChI=1S/C30H43N7O2.C29H40N6O3.C27H35N3O.C25H33N5O/c1-33(2)30(24-8-5-4-6-9-24)14-12-28(13-15-30)22-36(27(38)37(28)23-29(39)10-7-11-29)25-20-31-26(32-21-25)35-18-16-34(3)17-19-35;1-32(2)29(23-7-4-3-5-8-23)13-11-27(12-14-29)21-34(26(36)35(27)22-28(37)9-6-10-28)24-19-30-25(31-20-24)33-15-17-38-18-16-33;1-28(2)27(23-12-5-3-6-13-23)18-16-26(17-19-27)21-29(24-14-7-4-8-15-24)25(31)30(26)20-22-10-9-11-22;1-28(2)25(21-9-4-3-5-10-21)13-11-24(12-14-25)19-29(22-17-26-15-16-27-22)23(31)30(24)18-20-7-6-8-20/h4-6,8-9,20-21,39H,7,10-19,22-23H2,1-3H3;3-5,7-8,19-20,37H,6,9-18,21-22H2,1-2H3;3-8,12-15,22H,9-11,16-21H2,1-2H3;3-5,9-10,15-17,20H,6-8,11-14,18-19H2,1-2H3. The number of nitrogens with zero attached hydrogens (tertiary/aromatic N) is 21. The monoisotopic (exact) mass is 1890 g/mol. The van der Waals surface area contributed by atoms with Crippen LogP contribution in [-0.2, 0) is 26.9 Å². The van der Waals surface area contributed by atoms with Gasteiger partial charge in [0.05, 0.1) is 128 Å². The number of aliphatic hydroxyl groups is 2. The Morgan fingerprint density at radius 3 is 0.935 bits per heavy atom. The second-order valence-electron chi connectivity index (χ2n) is 44.5. The molecular formula is C111H151N21O7. The number of hydrogen-bond acceptors (Lipinski definition) is 20. The predicted molar refractivity (Wildman–Crippen MR) is 547 cm³/mol. The Bertz CT molecular complexity index is 5270. The average molecular weight is 1890 g/mol. The summed E-state index contributed by atoms with van der Waals surface area (Å²) in [7, 11) is 19.6. The highest BCUT2D eigenvalue weighted by atomic mass is 16.5. The number of β-amino-alcohol motifs (C(OH)–C–C–N with tert-alkyl or cyclic N) is 2. The number of aromatic nitrogens is 6. The molecule has 2 N–H and O–H groups in total. The number of ether oxygens (including phenoxy) is 1. The lowest BCUT2D eigenvalue weighted by molar-refractivity contribution is -0.0726. The molecule has 3 aromatic heterocycles. The summed E-state index contributed by atoms with van der Waals surface area (Å²) in [5.41, 5.74) is 5.59. The highest BCUT2D eigenvalue weighted by Crippen LogP contribution is 2.57. The molecule has 28 nitrogen and oxygen atoms in total. The first-order valence-corrected chi connectivity index (χ1v) is 52.1. The topological polar surface area (TPSA) is 244 Å². The molecule has 8 saturated carbocycles. The van der Waals surface area contributed by atoms with Crippen molar-refractivity contribution in [3.8, 4) is 0 Å². The van der Waals surface area contributed by atoms with Crippen LogP contribution in [0.15, 0.2) is 195 Å². The van der Waals surface area contributed by atoms with Crippen LogP contribution in [-0.4, -0.2) is 310 Å². The van der Waals surface area contributed by atoms with E-state index in [2.05, 4.69) is 271 Å². The quantitative estimate of drug-likeness (QED) is 0.0640. The van der Waals surface area contributed by atoms with Crippen LogP contribution >= 0.6 is 0 Å². The second-order valence-corrected chi connectivity index (χ2v) is 44.5. The zero-order valence-electron chi connectivity index (χ0n) is 84.1. The molecule has 6 aliphatic heterocycles. The number of hydrogen-bond donors (Lipinski definition) is 2. The fourth-order valence-electron chi connectivity index (χ4n) is 26.2. The van der Waals surface area contributed by atoms with Crippen LogP contribution in [0.5, 0.6) is 0 Å². The van der Waals surface area contributed by atoms with E-state index in [4.69, 9.17) is 4.74 Å². The Labute approximate surface area is 824 Å². The van der Waals surface area contributed by atoms with Crippen LogP contribution in [0.3, 0.4) is 0 Å². The van der Waals surface area contributed by atoms with Crippen molar-refractivity contribution >= 4 is 58.9 Å².